The Bertz CT molecular complexity index is 269. The van der Waals surface area contributed by atoms with Crippen molar-refractivity contribution < 1.29 is 4.74 Å². The zero-order valence-electron chi connectivity index (χ0n) is 7.40. The van der Waals surface area contributed by atoms with E-state index < -0.39 is 0 Å². The summed E-state index contributed by atoms with van der Waals surface area (Å²) in [5, 5.41) is 1.48. The summed E-state index contributed by atoms with van der Waals surface area (Å²) >= 11 is 4.19. The van der Waals surface area contributed by atoms with Gasteiger partial charge in [-0.15, -0.1) is 22.8 Å². The van der Waals surface area contributed by atoms with Crippen molar-refractivity contribution in [2.75, 3.05) is 18.6 Å². The Hall–Kier alpha value is 0.150. The Balaban J connectivity index is 2.12. The van der Waals surface area contributed by atoms with Crippen LogP contribution in [-0.2, 0) is 0 Å². The van der Waals surface area contributed by atoms with E-state index in [1.54, 1.807) is 7.11 Å². The molecule has 0 radical (unpaired) electrons. The third-order valence-electron chi connectivity index (χ3n) is 1.78. The van der Waals surface area contributed by atoms with Crippen molar-refractivity contribution >= 4 is 34.4 Å². The van der Waals surface area contributed by atoms with Crippen molar-refractivity contribution in [2.24, 2.45) is 0 Å². The number of benzene rings is 1. The van der Waals surface area contributed by atoms with Gasteiger partial charge in [0, 0.05) is 17.8 Å². The molecule has 1 aliphatic heterocycles. The molecule has 1 heterocycles. The van der Waals surface area contributed by atoms with E-state index in [1.807, 2.05) is 0 Å². The molecular formula is C9H11OPS2. The van der Waals surface area contributed by atoms with E-state index >= 15 is 0 Å². The molecule has 1 saturated heterocycles. The number of ether oxygens (including phenoxy) is 1. The van der Waals surface area contributed by atoms with Crippen molar-refractivity contribution in [3.63, 3.8) is 0 Å². The summed E-state index contributed by atoms with van der Waals surface area (Å²) in [6, 6.07) is 8.49. The van der Waals surface area contributed by atoms with E-state index in [9.17, 15) is 0 Å². The summed E-state index contributed by atoms with van der Waals surface area (Å²) in [6.07, 6.45) is 0.0202. The molecule has 2 rings (SSSR count). The molecule has 70 valence electrons. The minimum absolute atomic E-state index is 0.0202. The number of methoxy groups -OCH3 is 1. The van der Waals surface area contributed by atoms with E-state index in [1.165, 1.54) is 16.8 Å². The minimum atomic E-state index is 0.0202. The summed E-state index contributed by atoms with van der Waals surface area (Å²) in [6.45, 7) is 0. The van der Waals surface area contributed by atoms with Gasteiger partial charge in [0.2, 0.25) is 0 Å². The van der Waals surface area contributed by atoms with Gasteiger partial charge in [-0.1, -0.05) is 0 Å². The molecule has 0 bridgehead atoms. The molecule has 0 aliphatic carbocycles. The van der Waals surface area contributed by atoms with E-state index in [-0.39, 0.29) is 6.33 Å². The predicted molar refractivity (Wildman–Crippen MR) is 64.5 cm³/mol. The minimum Gasteiger partial charge on any atom is -0.497 e. The quantitative estimate of drug-likeness (QED) is 0.722. The SMILES string of the molecule is COc1ccc(P2SCCS2)cc1. The van der Waals surface area contributed by atoms with Crippen molar-refractivity contribution in [1.29, 1.82) is 0 Å². The molecule has 4 heteroatoms. The van der Waals surface area contributed by atoms with Gasteiger partial charge in [-0.05, 0) is 29.6 Å². The first kappa shape index (κ1) is 9.70. The lowest BCUT2D eigenvalue weighted by molar-refractivity contribution is 0.415. The van der Waals surface area contributed by atoms with E-state index in [2.05, 4.69) is 47.0 Å². The van der Waals surface area contributed by atoms with Crippen molar-refractivity contribution in [2.45, 2.75) is 0 Å². The van der Waals surface area contributed by atoms with Crippen LogP contribution in [0.25, 0.3) is 0 Å². The second kappa shape index (κ2) is 4.59. The molecule has 0 aromatic heterocycles. The zero-order chi connectivity index (χ0) is 9.10. The van der Waals surface area contributed by atoms with Gasteiger partial charge >= 0.3 is 0 Å². The first-order chi connectivity index (χ1) is 6.40. The highest BCUT2D eigenvalue weighted by Crippen LogP contribution is 2.64. The summed E-state index contributed by atoms with van der Waals surface area (Å²) in [5.41, 5.74) is 0. The Kier molecular flexibility index (Phi) is 3.42. The van der Waals surface area contributed by atoms with Gasteiger partial charge in [0.05, 0.1) is 7.11 Å². The Morgan fingerprint density at radius 3 is 2.31 bits per heavy atom. The lowest BCUT2D eigenvalue weighted by Crippen LogP contribution is -1.94. The maximum atomic E-state index is 5.13. The smallest absolute Gasteiger partial charge is 0.118 e. The van der Waals surface area contributed by atoms with Crippen LogP contribution >= 0.6 is 29.1 Å². The predicted octanol–water partition coefficient (Wildman–Crippen LogP) is 3.11. The molecule has 1 aliphatic rings. The van der Waals surface area contributed by atoms with E-state index in [0.29, 0.717) is 0 Å². The van der Waals surface area contributed by atoms with Crippen LogP contribution in [0.5, 0.6) is 5.75 Å². The number of hydrogen-bond acceptors (Lipinski definition) is 3. The highest BCUT2D eigenvalue weighted by molar-refractivity contribution is 8.91. The normalized spacial score (nSPS) is 17.6. The van der Waals surface area contributed by atoms with Crippen LogP contribution in [0.1, 0.15) is 0 Å². The van der Waals surface area contributed by atoms with Gasteiger partial charge in [-0.3, -0.25) is 0 Å². The Labute approximate surface area is 87.9 Å². The van der Waals surface area contributed by atoms with Crippen molar-refractivity contribution in [3.05, 3.63) is 24.3 Å². The summed E-state index contributed by atoms with van der Waals surface area (Å²) in [4.78, 5) is 0. The Morgan fingerprint density at radius 2 is 1.77 bits per heavy atom. The fourth-order valence-electron chi connectivity index (χ4n) is 1.13. The van der Waals surface area contributed by atoms with Crippen LogP contribution < -0.4 is 10.0 Å². The first-order valence-corrected chi connectivity index (χ1v) is 8.62. The van der Waals surface area contributed by atoms with Crippen molar-refractivity contribution in [3.8, 4) is 5.75 Å². The maximum Gasteiger partial charge on any atom is 0.118 e. The van der Waals surface area contributed by atoms with Gasteiger partial charge in [0.25, 0.3) is 0 Å². The third kappa shape index (κ3) is 2.34. The summed E-state index contributed by atoms with van der Waals surface area (Å²) in [5.74, 6) is 3.57. The highest BCUT2D eigenvalue weighted by atomic mass is 33.1. The number of rotatable bonds is 2. The van der Waals surface area contributed by atoms with Crippen LogP contribution in [0.15, 0.2) is 24.3 Å². The molecule has 0 N–H and O–H groups in total. The van der Waals surface area contributed by atoms with Crippen molar-refractivity contribution in [1.82, 2.24) is 0 Å². The molecule has 1 fully saturated rings. The molecule has 1 nitrogen and oxygen atoms in total. The van der Waals surface area contributed by atoms with Gasteiger partial charge < -0.3 is 4.74 Å². The highest BCUT2D eigenvalue weighted by Gasteiger charge is 2.17. The van der Waals surface area contributed by atoms with Crippen LogP contribution in [0.3, 0.4) is 0 Å². The second-order valence-corrected chi connectivity index (χ2v) is 9.42. The lowest BCUT2D eigenvalue weighted by atomic mass is 10.3. The van der Waals surface area contributed by atoms with Gasteiger partial charge in [-0.2, -0.15) is 0 Å². The fourth-order valence-corrected chi connectivity index (χ4v) is 9.02. The molecule has 0 spiro atoms. The molecule has 0 amide bonds. The van der Waals surface area contributed by atoms with Gasteiger partial charge in [-0.25, -0.2) is 0 Å². The molecule has 0 atom stereocenters. The third-order valence-corrected chi connectivity index (χ3v) is 9.67. The van der Waals surface area contributed by atoms with Crippen LogP contribution in [-0.4, -0.2) is 18.6 Å². The monoisotopic (exact) mass is 230 g/mol. The molecule has 1 aromatic carbocycles. The average molecular weight is 230 g/mol. The zero-order valence-corrected chi connectivity index (χ0v) is 9.92. The Morgan fingerprint density at radius 1 is 1.15 bits per heavy atom. The molecule has 1 aromatic rings. The molecule has 13 heavy (non-hydrogen) atoms. The van der Waals surface area contributed by atoms with Crippen LogP contribution in [0.2, 0.25) is 0 Å². The van der Waals surface area contributed by atoms with Crippen LogP contribution in [0.4, 0.5) is 0 Å². The van der Waals surface area contributed by atoms with Gasteiger partial charge in [0.15, 0.2) is 0 Å². The standard InChI is InChI=1S/C9H11OPS2/c1-10-8-2-4-9(5-3-8)11-12-6-7-13-11/h2-5H,6-7H2,1H3. The molecular weight excluding hydrogens is 219 g/mol. The van der Waals surface area contributed by atoms with Gasteiger partial charge in [0.1, 0.15) is 5.75 Å². The fraction of sp³-hybridized carbons (Fsp3) is 0.333. The largest absolute Gasteiger partial charge is 0.497 e. The lowest BCUT2D eigenvalue weighted by Gasteiger charge is -2.08. The van der Waals surface area contributed by atoms with E-state index in [4.69, 9.17) is 4.74 Å². The van der Waals surface area contributed by atoms with Crippen LogP contribution in [0, 0.1) is 0 Å². The average Bonchev–Trinajstić information content (AvgIpc) is 2.71. The first-order valence-electron chi connectivity index (χ1n) is 4.10. The number of hydrogen-bond donors (Lipinski definition) is 0. The maximum absolute atomic E-state index is 5.13. The molecule has 0 saturated carbocycles. The summed E-state index contributed by atoms with van der Waals surface area (Å²) < 4.78 is 5.13. The topological polar surface area (TPSA) is 9.23 Å². The second-order valence-electron chi connectivity index (χ2n) is 2.62. The molecule has 0 unspecified atom stereocenters. The van der Waals surface area contributed by atoms with E-state index in [0.717, 1.165) is 5.75 Å². The summed E-state index contributed by atoms with van der Waals surface area (Å²) in [7, 11) is 1.71.